The van der Waals surface area contributed by atoms with E-state index in [-0.39, 0.29) is 12.3 Å². The standard InChI is InChI=1S/C28H43N5O4S2/c1-28(2)23(24(30)34)33-26(36)21(16-19-11-7-4-8-12-19)31-27(37)22(17-38-13-14-39-28)32-25(35)20(29)15-18-9-5-3-6-10-18/h4,7-8,11-12,18,20-23H,3,5-6,9-10,13-17,29H2,1-2H3,(H2,30,34)(H,31,37)(H,32,35)(H,33,36)/t20-,21-,22?,23-/m0/s1. The van der Waals surface area contributed by atoms with Crippen molar-refractivity contribution < 1.29 is 19.2 Å². The fourth-order valence-electron chi connectivity index (χ4n) is 5.16. The molecule has 1 aromatic rings. The molecule has 1 heterocycles. The van der Waals surface area contributed by atoms with Gasteiger partial charge in [0.2, 0.25) is 23.6 Å². The first kappa shape index (κ1) is 31.3. The number of hydrogen-bond donors (Lipinski definition) is 5. The summed E-state index contributed by atoms with van der Waals surface area (Å²) in [5.74, 6) is 0.190. The van der Waals surface area contributed by atoms with Crippen molar-refractivity contribution in [2.24, 2.45) is 17.4 Å². The zero-order chi connectivity index (χ0) is 28.4. The highest BCUT2D eigenvalue weighted by Gasteiger charge is 2.38. The fourth-order valence-corrected chi connectivity index (χ4v) is 7.47. The summed E-state index contributed by atoms with van der Waals surface area (Å²) in [7, 11) is 0. The van der Waals surface area contributed by atoms with E-state index in [4.69, 9.17) is 11.5 Å². The van der Waals surface area contributed by atoms with Gasteiger partial charge in [-0.15, -0.1) is 0 Å². The van der Waals surface area contributed by atoms with Gasteiger partial charge in [0, 0.05) is 28.4 Å². The molecule has 7 N–H and O–H groups in total. The van der Waals surface area contributed by atoms with E-state index in [1.807, 2.05) is 44.2 Å². The molecule has 2 aliphatic rings. The van der Waals surface area contributed by atoms with Crippen LogP contribution in [0.25, 0.3) is 0 Å². The van der Waals surface area contributed by atoms with E-state index in [0.29, 0.717) is 29.6 Å². The van der Waals surface area contributed by atoms with Crippen LogP contribution in [-0.4, -0.2) is 69.8 Å². The number of rotatable bonds is 7. The number of carbonyl (C=O) groups excluding carboxylic acids is 4. The Bertz CT molecular complexity index is 987. The molecule has 1 saturated carbocycles. The SMILES string of the molecule is CC1(C)SCCSCC(NC(=O)[C@@H](N)CC2CCCCC2)C(=O)N[C@@H](Cc2ccccc2)C(=O)N[C@H]1C(N)=O. The molecule has 0 aromatic heterocycles. The molecular formula is C28H43N5O4S2. The lowest BCUT2D eigenvalue weighted by atomic mass is 9.85. The van der Waals surface area contributed by atoms with Crippen LogP contribution in [0.3, 0.4) is 0 Å². The zero-order valence-electron chi connectivity index (χ0n) is 22.9. The largest absolute Gasteiger partial charge is 0.368 e. The van der Waals surface area contributed by atoms with Crippen molar-refractivity contribution in [3.05, 3.63) is 35.9 Å². The molecule has 39 heavy (non-hydrogen) atoms. The summed E-state index contributed by atoms with van der Waals surface area (Å²) in [6.07, 6.45) is 6.53. The minimum absolute atomic E-state index is 0.215. The number of nitrogens with one attached hydrogen (secondary N) is 3. The monoisotopic (exact) mass is 577 g/mol. The third kappa shape index (κ3) is 9.72. The van der Waals surface area contributed by atoms with Crippen LogP contribution in [-0.2, 0) is 25.6 Å². The van der Waals surface area contributed by atoms with Gasteiger partial charge in [-0.05, 0) is 31.7 Å². The average molecular weight is 578 g/mol. The molecule has 3 rings (SSSR count). The molecule has 2 fully saturated rings. The van der Waals surface area contributed by atoms with Gasteiger partial charge < -0.3 is 27.4 Å². The van der Waals surface area contributed by atoms with E-state index in [2.05, 4.69) is 16.0 Å². The van der Waals surface area contributed by atoms with E-state index in [9.17, 15) is 19.2 Å². The fraction of sp³-hybridized carbons (Fsp3) is 0.643. The number of hydrogen-bond acceptors (Lipinski definition) is 7. The Hall–Kier alpha value is -2.24. The number of benzene rings is 1. The number of amides is 4. The smallest absolute Gasteiger partial charge is 0.244 e. The second-order valence-corrected chi connectivity index (χ2v) is 13.9. The van der Waals surface area contributed by atoms with Crippen molar-refractivity contribution in [3.8, 4) is 0 Å². The second-order valence-electron chi connectivity index (χ2n) is 11.0. The van der Waals surface area contributed by atoms with Crippen LogP contribution in [0.15, 0.2) is 30.3 Å². The Kier molecular flexibility index (Phi) is 12.0. The minimum Gasteiger partial charge on any atom is -0.368 e. The summed E-state index contributed by atoms with van der Waals surface area (Å²) in [5.41, 5.74) is 12.8. The maximum atomic E-state index is 13.5. The van der Waals surface area contributed by atoms with Crippen LogP contribution >= 0.6 is 23.5 Å². The first-order valence-corrected chi connectivity index (χ1v) is 15.9. The molecule has 11 heteroatoms. The van der Waals surface area contributed by atoms with Crippen molar-refractivity contribution in [1.82, 2.24) is 16.0 Å². The van der Waals surface area contributed by atoms with Crippen molar-refractivity contribution in [3.63, 3.8) is 0 Å². The van der Waals surface area contributed by atoms with E-state index < -0.39 is 46.6 Å². The lowest BCUT2D eigenvalue weighted by Crippen LogP contribution is -2.61. The highest BCUT2D eigenvalue weighted by Crippen LogP contribution is 2.30. The molecule has 9 nitrogen and oxygen atoms in total. The second kappa shape index (κ2) is 14.9. The summed E-state index contributed by atoms with van der Waals surface area (Å²) in [4.78, 5) is 52.4. The van der Waals surface area contributed by atoms with Crippen molar-refractivity contribution in [1.29, 1.82) is 0 Å². The summed E-state index contributed by atoms with van der Waals surface area (Å²) >= 11 is 3.07. The molecule has 1 unspecified atom stereocenters. The molecule has 1 aliphatic heterocycles. The number of nitrogens with two attached hydrogens (primary N) is 2. The van der Waals surface area contributed by atoms with Crippen LogP contribution in [0.2, 0.25) is 0 Å². The topological polar surface area (TPSA) is 156 Å². The van der Waals surface area contributed by atoms with Gasteiger partial charge in [-0.3, -0.25) is 19.2 Å². The van der Waals surface area contributed by atoms with E-state index in [1.54, 1.807) is 0 Å². The van der Waals surface area contributed by atoms with Gasteiger partial charge in [-0.2, -0.15) is 23.5 Å². The molecule has 216 valence electrons. The summed E-state index contributed by atoms with van der Waals surface area (Å²) in [6, 6.07) is 5.88. The van der Waals surface area contributed by atoms with Gasteiger partial charge in [0.15, 0.2) is 0 Å². The van der Waals surface area contributed by atoms with Gasteiger partial charge in [0.25, 0.3) is 0 Å². The van der Waals surface area contributed by atoms with Gasteiger partial charge in [0.05, 0.1) is 6.04 Å². The van der Waals surface area contributed by atoms with Crippen LogP contribution in [0.1, 0.15) is 57.9 Å². The Balaban J connectivity index is 1.79. The van der Waals surface area contributed by atoms with E-state index in [0.717, 1.165) is 31.2 Å². The van der Waals surface area contributed by atoms with Gasteiger partial charge >= 0.3 is 0 Å². The molecule has 0 spiro atoms. The van der Waals surface area contributed by atoms with E-state index >= 15 is 0 Å². The minimum atomic E-state index is -0.969. The average Bonchev–Trinajstić information content (AvgIpc) is 2.91. The summed E-state index contributed by atoms with van der Waals surface area (Å²) in [5, 5.41) is 8.49. The van der Waals surface area contributed by atoms with Crippen LogP contribution in [0.4, 0.5) is 0 Å². The number of thioether (sulfide) groups is 2. The van der Waals surface area contributed by atoms with Crippen LogP contribution < -0.4 is 27.4 Å². The van der Waals surface area contributed by atoms with Crippen molar-refractivity contribution in [2.75, 3.05) is 17.3 Å². The molecular weight excluding hydrogens is 534 g/mol. The van der Waals surface area contributed by atoms with Crippen LogP contribution in [0, 0.1) is 5.92 Å². The Morgan fingerprint density at radius 3 is 2.41 bits per heavy atom. The first-order valence-electron chi connectivity index (χ1n) is 13.8. The highest BCUT2D eigenvalue weighted by atomic mass is 32.2. The molecule has 1 aromatic carbocycles. The Morgan fingerprint density at radius 1 is 1.05 bits per heavy atom. The highest BCUT2D eigenvalue weighted by molar-refractivity contribution is 8.03. The predicted octanol–water partition coefficient (Wildman–Crippen LogP) is 1.73. The number of carbonyl (C=O) groups is 4. The van der Waals surface area contributed by atoms with E-state index in [1.165, 1.54) is 29.9 Å². The van der Waals surface area contributed by atoms with Crippen molar-refractivity contribution in [2.45, 2.75) is 87.7 Å². The van der Waals surface area contributed by atoms with Gasteiger partial charge in [-0.1, -0.05) is 62.4 Å². The van der Waals surface area contributed by atoms with Gasteiger partial charge in [0.1, 0.15) is 18.1 Å². The number of primary amides is 1. The third-order valence-corrected chi connectivity index (χ3v) is 10.2. The summed E-state index contributed by atoms with van der Waals surface area (Å²) in [6.45, 7) is 3.75. The first-order chi connectivity index (χ1) is 18.6. The Labute approximate surface area is 240 Å². The molecule has 0 radical (unpaired) electrons. The van der Waals surface area contributed by atoms with Crippen molar-refractivity contribution >= 4 is 47.2 Å². The quantitative estimate of drug-likeness (QED) is 0.330. The molecule has 1 saturated heterocycles. The van der Waals surface area contributed by atoms with Gasteiger partial charge in [-0.25, -0.2) is 0 Å². The molecule has 4 atom stereocenters. The Morgan fingerprint density at radius 2 is 1.74 bits per heavy atom. The molecule has 0 bridgehead atoms. The summed E-state index contributed by atoms with van der Waals surface area (Å²) < 4.78 is -0.656. The van der Waals surface area contributed by atoms with Crippen LogP contribution in [0.5, 0.6) is 0 Å². The predicted molar refractivity (Wildman–Crippen MR) is 158 cm³/mol. The zero-order valence-corrected chi connectivity index (χ0v) is 24.6. The lowest BCUT2D eigenvalue weighted by molar-refractivity contribution is -0.133. The lowest BCUT2D eigenvalue weighted by Gasteiger charge is -2.33. The maximum Gasteiger partial charge on any atom is 0.244 e. The third-order valence-electron chi connectivity index (χ3n) is 7.45. The maximum absolute atomic E-state index is 13.5. The normalized spacial score (nSPS) is 26.1. The molecule has 1 aliphatic carbocycles. The molecule has 4 amide bonds.